The van der Waals surface area contributed by atoms with Crippen molar-refractivity contribution in [3.05, 3.63) is 30.3 Å². The van der Waals surface area contributed by atoms with Crippen LogP contribution in [0.15, 0.2) is 35.2 Å². The summed E-state index contributed by atoms with van der Waals surface area (Å²) >= 11 is 0. The molecule has 1 aromatic carbocycles. The Kier molecular flexibility index (Phi) is 3.81. The molecular formula is C12H17NO3S. The SMILES string of the molecule is O=S(=O)(c1ccccc1)N1CCCCC1CO. The van der Waals surface area contributed by atoms with Crippen LogP contribution in [-0.4, -0.2) is 37.0 Å². The fourth-order valence-electron chi connectivity index (χ4n) is 2.20. The number of hydrogen-bond acceptors (Lipinski definition) is 3. The smallest absolute Gasteiger partial charge is 0.243 e. The topological polar surface area (TPSA) is 57.6 Å². The van der Waals surface area contributed by atoms with Crippen molar-refractivity contribution in [3.8, 4) is 0 Å². The van der Waals surface area contributed by atoms with E-state index in [0.717, 1.165) is 19.3 Å². The Morgan fingerprint density at radius 3 is 2.59 bits per heavy atom. The number of hydrogen-bond donors (Lipinski definition) is 1. The molecule has 5 heteroatoms. The Balaban J connectivity index is 2.31. The summed E-state index contributed by atoms with van der Waals surface area (Å²) in [7, 11) is -3.45. The summed E-state index contributed by atoms with van der Waals surface area (Å²) in [5, 5.41) is 9.27. The predicted octanol–water partition coefficient (Wildman–Crippen LogP) is 1.22. The van der Waals surface area contributed by atoms with Gasteiger partial charge < -0.3 is 5.11 Å². The van der Waals surface area contributed by atoms with Crippen LogP contribution in [0.25, 0.3) is 0 Å². The Hall–Kier alpha value is -0.910. The van der Waals surface area contributed by atoms with Crippen LogP contribution in [0.2, 0.25) is 0 Å². The van der Waals surface area contributed by atoms with E-state index in [1.54, 1.807) is 30.3 Å². The molecule has 0 aliphatic carbocycles. The van der Waals surface area contributed by atoms with E-state index in [4.69, 9.17) is 0 Å². The van der Waals surface area contributed by atoms with E-state index in [0.29, 0.717) is 11.4 Å². The van der Waals surface area contributed by atoms with Crippen molar-refractivity contribution in [2.45, 2.75) is 30.2 Å². The monoisotopic (exact) mass is 255 g/mol. The second kappa shape index (κ2) is 5.16. The molecule has 1 atom stereocenters. The largest absolute Gasteiger partial charge is 0.395 e. The maximum absolute atomic E-state index is 12.4. The zero-order chi connectivity index (χ0) is 12.3. The molecule has 17 heavy (non-hydrogen) atoms. The van der Waals surface area contributed by atoms with Crippen LogP contribution >= 0.6 is 0 Å². The highest BCUT2D eigenvalue weighted by Crippen LogP contribution is 2.24. The lowest BCUT2D eigenvalue weighted by Gasteiger charge is -2.33. The van der Waals surface area contributed by atoms with Gasteiger partial charge in [0.05, 0.1) is 11.5 Å². The van der Waals surface area contributed by atoms with Gasteiger partial charge in [-0.2, -0.15) is 4.31 Å². The molecule has 1 N–H and O–H groups in total. The summed E-state index contributed by atoms with van der Waals surface area (Å²) in [6, 6.07) is 8.14. The number of nitrogens with zero attached hydrogens (tertiary/aromatic N) is 1. The lowest BCUT2D eigenvalue weighted by molar-refractivity contribution is 0.155. The molecule has 1 saturated heterocycles. The third-order valence-electron chi connectivity index (χ3n) is 3.13. The molecule has 0 aromatic heterocycles. The molecule has 0 radical (unpaired) electrons. The van der Waals surface area contributed by atoms with Gasteiger partial charge in [-0.1, -0.05) is 24.6 Å². The summed E-state index contributed by atoms with van der Waals surface area (Å²) in [4.78, 5) is 0.306. The van der Waals surface area contributed by atoms with Gasteiger partial charge in [0.15, 0.2) is 0 Å². The number of aliphatic hydroxyl groups is 1. The molecule has 0 saturated carbocycles. The number of benzene rings is 1. The molecule has 2 rings (SSSR count). The lowest BCUT2D eigenvalue weighted by atomic mass is 10.1. The van der Waals surface area contributed by atoms with Crippen molar-refractivity contribution >= 4 is 10.0 Å². The van der Waals surface area contributed by atoms with Crippen LogP contribution in [0, 0.1) is 0 Å². The zero-order valence-corrected chi connectivity index (χ0v) is 10.4. The predicted molar refractivity (Wildman–Crippen MR) is 65.1 cm³/mol. The van der Waals surface area contributed by atoms with Crippen molar-refractivity contribution in [1.82, 2.24) is 4.31 Å². The first-order valence-corrected chi connectivity index (χ1v) is 7.28. The molecule has 0 bridgehead atoms. The van der Waals surface area contributed by atoms with Crippen molar-refractivity contribution in [2.75, 3.05) is 13.2 Å². The van der Waals surface area contributed by atoms with Gasteiger partial charge in [-0.15, -0.1) is 0 Å². The first-order chi connectivity index (χ1) is 8.16. The summed E-state index contributed by atoms with van der Waals surface area (Å²) in [5.74, 6) is 0. The Bertz CT molecular complexity index is 458. The van der Waals surface area contributed by atoms with Gasteiger partial charge in [-0.05, 0) is 25.0 Å². The van der Waals surface area contributed by atoms with E-state index in [2.05, 4.69) is 0 Å². The van der Waals surface area contributed by atoms with Crippen molar-refractivity contribution in [2.24, 2.45) is 0 Å². The first-order valence-electron chi connectivity index (χ1n) is 5.84. The average molecular weight is 255 g/mol. The van der Waals surface area contributed by atoms with Crippen LogP contribution in [0.3, 0.4) is 0 Å². The van der Waals surface area contributed by atoms with E-state index in [1.807, 2.05) is 0 Å². The highest BCUT2D eigenvalue weighted by Gasteiger charge is 2.32. The second-order valence-electron chi connectivity index (χ2n) is 4.26. The number of rotatable bonds is 3. The Labute approximate surface area is 102 Å². The van der Waals surface area contributed by atoms with Crippen LogP contribution in [0.1, 0.15) is 19.3 Å². The molecule has 94 valence electrons. The van der Waals surface area contributed by atoms with E-state index in [1.165, 1.54) is 4.31 Å². The number of sulfonamides is 1. The average Bonchev–Trinajstić information content (AvgIpc) is 2.39. The van der Waals surface area contributed by atoms with E-state index < -0.39 is 10.0 Å². The molecule has 1 heterocycles. The Morgan fingerprint density at radius 2 is 1.94 bits per heavy atom. The van der Waals surface area contributed by atoms with Crippen LogP contribution < -0.4 is 0 Å². The van der Waals surface area contributed by atoms with Crippen molar-refractivity contribution < 1.29 is 13.5 Å². The van der Waals surface area contributed by atoms with Crippen molar-refractivity contribution in [3.63, 3.8) is 0 Å². The summed E-state index contributed by atoms with van der Waals surface area (Å²) < 4.78 is 26.2. The fraction of sp³-hybridized carbons (Fsp3) is 0.500. The minimum absolute atomic E-state index is 0.105. The van der Waals surface area contributed by atoms with Gasteiger partial charge in [0.25, 0.3) is 0 Å². The minimum Gasteiger partial charge on any atom is -0.395 e. The molecule has 1 aliphatic heterocycles. The normalized spacial score (nSPS) is 22.5. The summed E-state index contributed by atoms with van der Waals surface area (Å²) in [6.45, 7) is 0.397. The number of aliphatic hydroxyl groups excluding tert-OH is 1. The zero-order valence-electron chi connectivity index (χ0n) is 9.62. The van der Waals surface area contributed by atoms with Gasteiger partial charge in [0.2, 0.25) is 10.0 Å². The van der Waals surface area contributed by atoms with Gasteiger partial charge in [-0.3, -0.25) is 0 Å². The third-order valence-corrected chi connectivity index (χ3v) is 5.10. The summed E-state index contributed by atoms with van der Waals surface area (Å²) in [5.41, 5.74) is 0. The molecule has 4 nitrogen and oxygen atoms in total. The molecular weight excluding hydrogens is 238 g/mol. The maximum Gasteiger partial charge on any atom is 0.243 e. The van der Waals surface area contributed by atoms with Gasteiger partial charge >= 0.3 is 0 Å². The van der Waals surface area contributed by atoms with E-state index in [-0.39, 0.29) is 12.6 Å². The quantitative estimate of drug-likeness (QED) is 0.883. The van der Waals surface area contributed by atoms with Crippen LogP contribution in [-0.2, 0) is 10.0 Å². The maximum atomic E-state index is 12.4. The van der Waals surface area contributed by atoms with E-state index in [9.17, 15) is 13.5 Å². The standard InChI is InChI=1S/C12H17NO3S/c14-10-11-6-4-5-9-13(11)17(15,16)12-7-2-1-3-8-12/h1-3,7-8,11,14H,4-6,9-10H2. The fourth-order valence-corrected chi connectivity index (χ4v) is 3.91. The van der Waals surface area contributed by atoms with Crippen LogP contribution in [0.5, 0.6) is 0 Å². The van der Waals surface area contributed by atoms with Gasteiger partial charge in [0, 0.05) is 12.6 Å². The van der Waals surface area contributed by atoms with Crippen LogP contribution in [0.4, 0.5) is 0 Å². The van der Waals surface area contributed by atoms with Gasteiger partial charge in [0.1, 0.15) is 0 Å². The van der Waals surface area contributed by atoms with Crippen molar-refractivity contribution in [1.29, 1.82) is 0 Å². The molecule has 1 fully saturated rings. The summed E-state index contributed by atoms with van der Waals surface area (Å²) in [6.07, 6.45) is 2.58. The van der Waals surface area contributed by atoms with E-state index >= 15 is 0 Å². The number of piperidine rings is 1. The van der Waals surface area contributed by atoms with Gasteiger partial charge in [-0.25, -0.2) is 8.42 Å². The highest BCUT2D eigenvalue weighted by atomic mass is 32.2. The molecule has 1 aromatic rings. The minimum atomic E-state index is -3.45. The second-order valence-corrected chi connectivity index (χ2v) is 6.15. The Morgan fingerprint density at radius 1 is 1.24 bits per heavy atom. The molecule has 0 spiro atoms. The third kappa shape index (κ3) is 2.51. The molecule has 1 aliphatic rings. The first kappa shape index (κ1) is 12.5. The lowest BCUT2D eigenvalue weighted by Crippen LogP contribution is -2.45. The molecule has 0 amide bonds. The highest BCUT2D eigenvalue weighted by molar-refractivity contribution is 7.89. The molecule has 1 unspecified atom stereocenters.